The molecule has 1 amide bonds. The maximum atomic E-state index is 12.2. The van der Waals surface area contributed by atoms with Gasteiger partial charge in [-0.25, -0.2) is 0 Å². The van der Waals surface area contributed by atoms with Crippen LogP contribution in [0, 0.1) is 3.57 Å². The van der Waals surface area contributed by atoms with Gasteiger partial charge in [0.15, 0.2) is 0 Å². The maximum absolute atomic E-state index is 12.2. The molecule has 1 aromatic heterocycles. The Bertz CT molecular complexity index is 595. The van der Waals surface area contributed by atoms with Gasteiger partial charge in [-0.2, -0.15) is 0 Å². The number of hydrogen-bond acceptors (Lipinski definition) is 1. The van der Waals surface area contributed by atoms with Crippen LogP contribution < -0.4 is 5.32 Å². The summed E-state index contributed by atoms with van der Waals surface area (Å²) < 4.78 is 4.07. The van der Waals surface area contributed by atoms with Crippen LogP contribution in [0.4, 0.5) is 5.69 Å². The molecule has 100 valence electrons. The minimum Gasteiger partial charge on any atom is -0.344 e. The van der Waals surface area contributed by atoms with Crippen molar-refractivity contribution in [3.8, 4) is 0 Å². The van der Waals surface area contributed by atoms with Crippen LogP contribution in [0.5, 0.6) is 0 Å². The predicted molar refractivity (Wildman–Crippen MR) is 89.5 cm³/mol. The summed E-state index contributed by atoms with van der Waals surface area (Å²) in [5.41, 5.74) is 1.50. The average Bonchev–Trinajstić information content (AvgIpc) is 2.83. The number of halogens is 2. The lowest BCUT2D eigenvalue weighted by atomic mass is 10.3. The van der Waals surface area contributed by atoms with Crippen LogP contribution in [0.2, 0.25) is 0 Å². The molecule has 0 aliphatic heterocycles. The van der Waals surface area contributed by atoms with Crippen LogP contribution in [-0.2, 0) is 6.54 Å². The van der Waals surface area contributed by atoms with Crippen molar-refractivity contribution in [3.05, 3.63) is 50.3 Å². The predicted octanol–water partition coefficient (Wildman–Crippen LogP) is 4.52. The van der Waals surface area contributed by atoms with Crippen LogP contribution in [0.15, 0.2) is 41.0 Å². The number of benzene rings is 1. The Kier molecular flexibility index (Phi) is 5.04. The number of aromatic nitrogens is 1. The topological polar surface area (TPSA) is 34.0 Å². The van der Waals surface area contributed by atoms with Gasteiger partial charge in [-0.1, -0.05) is 6.92 Å². The Morgan fingerprint density at radius 2 is 2.21 bits per heavy atom. The van der Waals surface area contributed by atoms with Gasteiger partial charge in [-0.05, 0) is 75.3 Å². The van der Waals surface area contributed by atoms with E-state index in [1.165, 1.54) is 0 Å². The van der Waals surface area contributed by atoms with Crippen molar-refractivity contribution in [1.82, 2.24) is 4.57 Å². The lowest BCUT2D eigenvalue weighted by molar-refractivity contribution is 0.101. The van der Waals surface area contributed by atoms with Crippen molar-refractivity contribution in [3.63, 3.8) is 0 Å². The zero-order valence-electron chi connectivity index (χ0n) is 10.5. The van der Waals surface area contributed by atoms with E-state index in [2.05, 4.69) is 50.8 Å². The number of anilines is 1. The third-order valence-electron chi connectivity index (χ3n) is 2.70. The van der Waals surface area contributed by atoms with Crippen LogP contribution in [0.25, 0.3) is 0 Å². The van der Waals surface area contributed by atoms with Crippen LogP contribution >= 0.6 is 38.5 Å². The number of aryl methyl sites for hydroxylation is 1. The molecule has 0 aliphatic rings. The summed E-state index contributed by atoms with van der Waals surface area (Å²) in [6.45, 7) is 2.95. The highest BCUT2D eigenvalue weighted by molar-refractivity contribution is 14.1. The van der Waals surface area contributed by atoms with Gasteiger partial charge in [0.05, 0.1) is 0 Å². The second-order valence-corrected chi connectivity index (χ2v) is 6.19. The first-order valence-electron chi connectivity index (χ1n) is 6.03. The Balaban J connectivity index is 2.16. The Hall–Kier alpha value is -0.820. The molecular weight excluding hydrogens is 419 g/mol. The first kappa shape index (κ1) is 14.6. The fraction of sp³-hybridized carbons (Fsp3) is 0.214. The zero-order valence-corrected chi connectivity index (χ0v) is 14.2. The van der Waals surface area contributed by atoms with Gasteiger partial charge in [0.1, 0.15) is 5.69 Å². The minimum atomic E-state index is -0.0726. The van der Waals surface area contributed by atoms with Gasteiger partial charge in [0, 0.05) is 26.5 Å². The monoisotopic (exact) mass is 432 g/mol. The first-order valence-corrected chi connectivity index (χ1v) is 7.90. The van der Waals surface area contributed by atoms with E-state index in [-0.39, 0.29) is 5.91 Å². The quantitative estimate of drug-likeness (QED) is 0.708. The van der Waals surface area contributed by atoms with Crippen molar-refractivity contribution in [2.75, 3.05) is 5.32 Å². The highest BCUT2D eigenvalue weighted by Crippen LogP contribution is 2.23. The highest BCUT2D eigenvalue weighted by atomic mass is 127. The van der Waals surface area contributed by atoms with E-state index >= 15 is 0 Å². The van der Waals surface area contributed by atoms with Gasteiger partial charge in [0.25, 0.3) is 5.91 Å². The molecule has 0 spiro atoms. The fourth-order valence-electron chi connectivity index (χ4n) is 1.83. The Morgan fingerprint density at radius 3 is 2.89 bits per heavy atom. The van der Waals surface area contributed by atoms with Gasteiger partial charge < -0.3 is 9.88 Å². The summed E-state index contributed by atoms with van der Waals surface area (Å²) in [5, 5.41) is 2.93. The standard InChI is InChI=1S/C14H14BrIN2O/c1-2-7-18-8-3-4-13(18)14(19)17-10-5-6-11(15)12(16)9-10/h3-6,8-9H,2,7H2,1H3,(H,17,19). The van der Waals surface area contributed by atoms with E-state index < -0.39 is 0 Å². The fourth-order valence-corrected chi connectivity index (χ4v) is 2.59. The number of nitrogens with one attached hydrogen (secondary N) is 1. The first-order chi connectivity index (χ1) is 9.11. The van der Waals surface area contributed by atoms with E-state index in [0.29, 0.717) is 5.69 Å². The molecule has 0 aliphatic carbocycles. The molecule has 0 saturated carbocycles. The molecule has 0 saturated heterocycles. The lowest BCUT2D eigenvalue weighted by Crippen LogP contribution is -2.16. The number of rotatable bonds is 4. The summed E-state index contributed by atoms with van der Waals surface area (Å²) in [7, 11) is 0. The number of carbonyl (C=O) groups excluding carboxylic acids is 1. The van der Waals surface area contributed by atoms with Crippen molar-refractivity contribution in [2.24, 2.45) is 0 Å². The SMILES string of the molecule is CCCn1cccc1C(=O)Nc1ccc(Br)c(I)c1. The lowest BCUT2D eigenvalue weighted by Gasteiger charge is -2.09. The van der Waals surface area contributed by atoms with Gasteiger partial charge in [-0.3, -0.25) is 4.79 Å². The minimum absolute atomic E-state index is 0.0726. The summed E-state index contributed by atoms with van der Waals surface area (Å²) in [6.07, 6.45) is 2.94. The largest absolute Gasteiger partial charge is 0.344 e. The molecule has 0 fully saturated rings. The summed E-state index contributed by atoms with van der Waals surface area (Å²) in [6, 6.07) is 9.50. The Morgan fingerprint density at radius 1 is 1.42 bits per heavy atom. The summed E-state index contributed by atoms with van der Waals surface area (Å²) in [4.78, 5) is 12.2. The van der Waals surface area contributed by atoms with Crippen molar-refractivity contribution in [1.29, 1.82) is 0 Å². The van der Waals surface area contributed by atoms with Crippen molar-refractivity contribution < 1.29 is 4.79 Å². The summed E-state index contributed by atoms with van der Waals surface area (Å²) in [5.74, 6) is -0.0726. The van der Waals surface area contributed by atoms with Crippen LogP contribution in [-0.4, -0.2) is 10.5 Å². The molecule has 0 atom stereocenters. The van der Waals surface area contributed by atoms with E-state index in [1.54, 1.807) is 0 Å². The van der Waals surface area contributed by atoms with Gasteiger partial charge >= 0.3 is 0 Å². The third kappa shape index (κ3) is 3.60. The van der Waals surface area contributed by atoms with E-state index in [1.807, 2.05) is 41.1 Å². The maximum Gasteiger partial charge on any atom is 0.272 e. The van der Waals surface area contributed by atoms with Crippen LogP contribution in [0.3, 0.4) is 0 Å². The molecule has 2 aromatic rings. The zero-order chi connectivity index (χ0) is 13.8. The van der Waals surface area contributed by atoms with E-state index in [4.69, 9.17) is 0 Å². The van der Waals surface area contributed by atoms with E-state index in [9.17, 15) is 4.79 Å². The van der Waals surface area contributed by atoms with Crippen LogP contribution in [0.1, 0.15) is 23.8 Å². The molecule has 5 heteroatoms. The smallest absolute Gasteiger partial charge is 0.272 e. The molecule has 0 unspecified atom stereocenters. The molecular formula is C14H14BrIN2O. The third-order valence-corrected chi connectivity index (χ3v) is 5.03. The molecule has 19 heavy (non-hydrogen) atoms. The Labute approximate surface area is 134 Å². The molecule has 1 N–H and O–H groups in total. The van der Waals surface area contributed by atoms with Crippen molar-refractivity contribution >= 4 is 50.1 Å². The van der Waals surface area contributed by atoms with E-state index in [0.717, 1.165) is 26.7 Å². The van der Waals surface area contributed by atoms with Gasteiger partial charge in [-0.15, -0.1) is 0 Å². The number of nitrogens with zero attached hydrogens (tertiary/aromatic N) is 1. The molecule has 3 nitrogen and oxygen atoms in total. The molecule has 1 aromatic carbocycles. The normalized spacial score (nSPS) is 10.5. The average molecular weight is 433 g/mol. The number of hydrogen-bond donors (Lipinski definition) is 1. The molecule has 1 heterocycles. The van der Waals surface area contributed by atoms with Crippen molar-refractivity contribution in [2.45, 2.75) is 19.9 Å². The second kappa shape index (κ2) is 6.56. The highest BCUT2D eigenvalue weighted by Gasteiger charge is 2.11. The summed E-state index contributed by atoms with van der Waals surface area (Å²) >= 11 is 5.67. The van der Waals surface area contributed by atoms with Gasteiger partial charge in [0.2, 0.25) is 0 Å². The molecule has 0 bridgehead atoms. The molecule has 2 rings (SSSR count). The number of carbonyl (C=O) groups is 1. The molecule has 0 radical (unpaired) electrons. The second-order valence-electron chi connectivity index (χ2n) is 4.17. The number of amides is 1.